The Bertz CT molecular complexity index is 350. The highest BCUT2D eigenvalue weighted by Gasteiger charge is 2.24. The summed E-state index contributed by atoms with van der Waals surface area (Å²) in [5.74, 6) is 1.20. The Labute approximate surface area is 91.2 Å². The molecule has 2 rings (SSSR count). The largest absolute Gasteiger partial charge is 0.504 e. The Balaban J connectivity index is 2.41. The highest BCUT2D eigenvalue weighted by molar-refractivity contribution is 9.10. The normalized spacial score (nSPS) is 16.4. The monoisotopic (exact) mass is 257 g/mol. The van der Waals surface area contributed by atoms with Crippen molar-refractivity contribution in [3.63, 3.8) is 0 Å². The lowest BCUT2D eigenvalue weighted by atomic mass is 9.93. The molecule has 0 bridgehead atoms. The molecule has 0 aromatic heterocycles. The summed E-state index contributed by atoms with van der Waals surface area (Å²) in [7, 11) is 1.56. The molecule has 0 unspecified atom stereocenters. The number of benzene rings is 1. The van der Waals surface area contributed by atoms with E-state index in [0.29, 0.717) is 11.7 Å². The Morgan fingerprint density at radius 3 is 2.71 bits per heavy atom. The lowest BCUT2D eigenvalue weighted by molar-refractivity contribution is 0.359. The van der Waals surface area contributed by atoms with E-state index < -0.39 is 0 Å². The third-order valence-electron chi connectivity index (χ3n) is 2.51. The van der Waals surface area contributed by atoms with Crippen LogP contribution in [0.5, 0.6) is 11.5 Å². The molecular formula is C10H12BrNO2. The number of phenols is 1. The highest BCUT2D eigenvalue weighted by Crippen LogP contribution is 2.38. The fourth-order valence-corrected chi connectivity index (χ4v) is 2.02. The second kappa shape index (κ2) is 3.79. The molecule has 1 aromatic rings. The van der Waals surface area contributed by atoms with Crippen LogP contribution < -0.4 is 10.1 Å². The van der Waals surface area contributed by atoms with Gasteiger partial charge in [-0.2, -0.15) is 0 Å². The number of hydrogen-bond acceptors (Lipinski definition) is 3. The van der Waals surface area contributed by atoms with Crippen LogP contribution in [0.2, 0.25) is 0 Å². The van der Waals surface area contributed by atoms with Crippen LogP contribution in [0, 0.1) is 0 Å². The van der Waals surface area contributed by atoms with Crippen molar-refractivity contribution < 1.29 is 9.84 Å². The number of phenolic OH excluding ortho intramolecular Hbond substituents is 1. The van der Waals surface area contributed by atoms with Crippen LogP contribution in [0.4, 0.5) is 0 Å². The van der Waals surface area contributed by atoms with E-state index in [9.17, 15) is 5.11 Å². The lowest BCUT2D eigenvalue weighted by Gasteiger charge is -2.28. The molecule has 76 valence electrons. The first-order valence-corrected chi connectivity index (χ1v) is 5.28. The molecule has 2 N–H and O–H groups in total. The summed E-state index contributed by atoms with van der Waals surface area (Å²) in [4.78, 5) is 0. The van der Waals surface area contributed by atoms with E-state index in [4.69, 9.17) is 4.74 Å². The maximum Gasteiger partial charge on any atom is 0.161 e. The van der Waals surface area contributed by atoms with Gasteiger partial charge >= 0.3 is 0 Å². The predicted octanol–water partition coefficient (Wildman–Crippen LogP) is 1.85. The number of hydrogen-bond donors (Lipinski definition) is 2. The molecule has 14 heavy (non-hydrogen) atoms. The Morgan fingerprint density at radius 2 is 2.21 bits per heavy atom. The van der Waals surface area contributed by atoms with Crippen LogP contribution >= 0.6 is 15.9 Å². The van der Waals surface area contributed by atoms with Crippen molar-refractivity contribution in [1.29, 1.82) is 0 Å². The zero-order valence-electron chi connectivity index (χ0n) is 7.88. The van der Waals surface area contributed by atoms with E-state index in [1.165, 1.54) is 0 Å². The first kappa shape index (κ1) is 9.80. The van der Waals surface area contributed by atoms with Crippen LogP contribution in [-0.4, -0.2) is 25.3 Å². The van der Waals surface area contributed by atoms with Gasteiger partial charge < -0.3 is 15.2 Å². The van der Waals surface area contributed by atoms with Crippen molar-refractivity contribution in [2.45, 2.75) is 5.92 Å². The quantitative estimate of drug-likeness (QED) is 0.850. The Hall–Kier alpha value is -0.740. The fraction of sp³-hybridized carbons (Fsp3) is 0.400. The van der Waals surface area contributed by atoms with E-state index in [-0.39, 0.29) is 5.75 Å². The molecule has 0 amide bonds. The number of halogens is 1. The summed E-state index contributed by atoms with van der Waals surface area (Å²) in [5, 5.41) is 13.1. The smallest absolute Gasteiger partial charge is 0.161 e. The van der Waals surface area contributed by atoms with Gasteiger partial charge in [0.2, 0.25) is 0 Å². The van der Waals surface area contributed by atoms with Crippen molar-refractivity contribution in [1.82, 2.24) is 5.32 Å². The third-order valence-corrected chi connectivity index (χ3v) is 2.97. The van der Waals surface area contributed by atoms with Gasteiger partial charge in [-0.25, -0.2) is 0 Å². The summed E-state index contributed by atoms with van der Waals surface area (Å²) in [6, 6.07) is 3.72. The lowest BCUT2D eigenvalue weighted by Crippen LogP contribution is -2.39. The molecule has 0 radical (unpaired) electrons. The number of methoxy groups -OCH3 is 1. The van der Waals surface area contributed by atoms with Crippen LogP contribution in [0.1, 0.15) is 11.5 Å². The summed E-state index contributed by atoms with van der Waals surface area (Å²) in [6.45, 7) is 1.85. The molecule has 1 saturated heterocycles. The summed E-state index contributed by atoms with van der Waals surface area (Å²) >= 11 is 3.40. The molecule has 4 heteroatoms. The minimum atomic E-state index is 0.266. The summed E-state index contributed by atoms with van der Waals surface area (Å²) in [5.41, 5.74) is 0.954. The van der Waals surface area contributed by atoms with E-state index in [0.717, 1.165) is 23.1 Å². The topological polar surface area (TPSA) is 41.5 Å². The van der Waals surface area contributed by atoms with Gasteiger partial charge in [0.25, 0.3) is 0 Å². The number of rotatable bonds is 2. The zero-order valence-corrected chi connectivity index (χ0v) is 9.47. The van der Waals surface area contributed by atoms with Gasteiger partial charge in [-0.3, -0.25) is 0 Å². The Morgan fingerprint density at radius 1 is 1.50 bits per heavy atom. The van der Waals surface area contributed by atoms with Gasteiger partial charge in [-0.15, -0.1) is 0 Å². The van der Waals surface area contributed by atoms with E-state index in [1.807, 2.05) is 6.07 Å². The van der Waals surface area contributed by atoms with Gasteiger partial charge in [0.15, 0.2) is 11.5 Å². The molecule has 1 aliphatic heterocycles. The standard InChI is InChI=1S/C10H12BrNO2/c1-14-9-3-7(11)2-8(10(9)13)6-4-12-5-6/h2-3,6,12-13H,4-5H2,1H3. The maximum atomic E-state index is 9.88. The second-order valence-corrected chi connectivity index (χ2v) is 4.32. The van der Waals surface area contributed by atoms with Crippen molar-refractivity contribution in [2.75, 3.05) is 20.2 Å². The van der Waals surface area contributed by atoms with Crippen molar-refractivity contribution >= 4 is 15.9 Å². The molecule has 1 heterocycles. The average Bonchev–Trinajstić information content (AvgIpc) is 2.07. The maximum absolute atomic E-state index is 9.88. The van der Waals surface area contributed by atoms with E-state index in [1.54, 1.807) is 13.2 Å². The minimum absolute atomic E-state index is 0.266. The van der Waals surface area contributed by atoms with Crippen molar-refractivity contribution in [3.05, 3.63) is 22.2 Å². The first-order valence-electron chi connectivity index (χ1n) is 4.49. The number of nitrogens with one attached hydrogen (secondary N) is 1. The molecule has 0 spiro atoms. The summed E-state index contributed by atoms with van der Waals surface area (Å²) in [6.07, 6.45) is 0. The molecule has 0 atom stereocenters. The van der Waals surface area contributed by atoms with Crippen LogP contribution in [0.25, 0.3) is 0 Å². The van der Waals surface area contributed by atoms with Gasteiger partial charge in [-0.05, 0) is 12.1 Å². The second-order valence-electron chi connectivity index (χ2n) is 3.40. The molecule has 0 aliphatic carbocycles. The third kappa shape index (κ3) is 1.60. The SMILES string of the molecule is COc1cc(Br)cc(C2CNC2)c1O. The van der Waals surface area contributed by atoms with E-state index >= 15 is 0 Å². The molecule has 3 nitrogen and oxygen atoms in total. The molecule has 1 aromatic carbocycles. The summed E-state index contributed by atoms with van der Waals surface area (Å²) < 4.78 is 6.02. The first-order chi connectivity index (χ1) is 6.72. The van der Waals surface area contributed by atoms with Crippen molar-refractivity contribution in [2.24, 2.45) is 0 Å². The average molecular weight is 258 g/mol. The molecule has 1 fully saturated rings. The highest BCUT2D eigenvalue weighted by atomic mass is 79.9. The molecule has 0 saturated carbocycles. The molecular weight excluding hydrogens is 246 g/mol. The fourth-order valence-electron chi connectivity index (χ4n) is 1.57. The van der Waals surface area contributed by atoms with Gasteiger partial charge in [0.05, 0.1) is 7.11 Å². The van der Waals surface area contributed by atoms with Gasteiger partial charge in [0, 0.05) is 29.0 Å². The van der Waals surface area contributed by atoms with Crippen molar-refractivity contribution in [3.8, 4) is 11.5 Å². The van der Waals surface area contributed by atoms with Gasteiger partial charge in [-0.1, -0.05) is 15.9 Å². The number of ether oxygens (including phenoxy) is 1. The van der Waals surface area contributed by atoms with Gasteiger partial charge in [0.1, 0.15) is 0 Å². The minimum Gasteiger partial charge on any atom is -0.504 e. The Kier molecular flexibility index (Phi) is 2.65. The van der Waals surface area contributed by atoms with Crippen LogP contribution in [0.3, 0.4) is 0 Å². The zero-order chi connectivity index (χ0) is 10.1. The number of aromatic hydroxyl groups is 1. The van der Waals surface area contributed by atoms with Crippen LogP contribution in [-0.2, 0) is 0 Å². The predicted molar refractivity (Wildman–Crippen MR) is 58.0 cm³/mol. The van der Waals surface area contributed by atoms with E-state index in [2.05, 4.69) is 21.2 Å². The molecule has 1 aliphatic rings. The van der Waals surface area contributed by atoms with Crippen LogP contribution in [0.15, 0.2) is 16.6 Å².